The molecule has 0 radical (unpaired) electrons. The molecule has 0 aliphatic heterocycles. The molecule has 4 heteroatoms. The quantitative estimate of drug-likeness (QED) is 0.499. The van der Waals surface area contributed by atoms with Crippen molar-refractivity contribution < 1.29 is 14.3 Å². The number of ketones is 1. The summed E-state index contributed by atoms with van der Waals surface area (Å²) in [4.78, 5) is 13.4. The molecule has 0 amide bonds. The Bertz CT molecular complexity index is 860. The number of Topliss-reactive ketones (excluding diaryl/α,β-unsaturated/α-hetero) is 1. The Hall–Kier alpha value is -2.59. The summed E-state index contributed by atoms with van der Waals surface area (Å²) in [5.74, 6) is 1.13. The van der Waals surface area contributed by atoms with Crippen molar-refractivity contribution in [2.45, 2.75) is 0 Å². The highest BCUT2D eigenvalue weighted by Gasteiger charge is 2.16. The molecule has 0 bridgehead atoms. The molecular weight excluding hydrogens is 308 g/mol. The Kier molecular flexibility index (Phi) is 4.17. The smallest absolute Gasteiger partial charge is 0.202 e. The molecule has 0 spiro atoms. The number of carbonyl (C=O) groups excluding carboxylic acids is 1. The van der Waals surface area contributed by atoms with Gasteiger partial charge in [0.25, 0.3) is 0 Å². The Morgan fingerprint density at radius 3 is 2.43 bits per heavy atom. The van der Waals surface area contributed by atoms with Crippen LogP contribution in [0.15, 0.2) is 55.1 Å². The van der Waals surface area contributed by atoms with Crippen LogP contribution in [0.3, 0.4) is 0 Å². The van der Waals surface area contributed by atoms with Gasteiger partial charge in [-0.25, -0.2) is 0 Å². The fourth-order valence-electron chi connectivity index (χ4n) is 2.40. The summed E-state index contributed by atoms with van der Waals surface area (Å²) in [7, 11) is 3.15. The first-order chi connectivity index (χ1) is 11.1. The molecule has 1 heterocycles. The number of benzene rings is 2. The van der Waals surface area contributed by atoms with Gasteiger partial charge in [0, 0.05) is 10.3 Å². The lowest BCUT2D eigenvalue weighted by Crippen LogP contribution is -2.00. The van der Waals surface area contributed by atoms with E-state index >= 15 is 0 Å². The molecule has 0 unspecified atom stereocenters. The van der Waals surface area contributed by atoms with E-state index < -0.39 is 0 Å². The molecule has 1 aromatic heterocycles. The van der Waals surface area contributed by atoms with E-state index in [-0.39, 0.29) is 5.78 Å². The predicted octanol–water partition coefficient (Wildman–Crippen LogP) is 4.81. The van der Waals surface area contributed by atoms with Crippen molar-refractivity contribution in [3.05, 3.63) is 65.6 Å². The molecule has 116 valence electrons. The summed E-state index contributed by atoms with van der Waals surface area (Å²) >= 11 is 1.48. The fraction of sp³-hybridized carbons (Fsp3) is 0.105. The van der Waals surface area contributed by atoms with Crippen molar-refractivity contribution in [1.29, 1.82) is 0 Å². The van der Waals surface area contributed by atoms with Crippen LogP contribution in [0.2, 0.25) is 0 Å². The van der Waals surface area contributed by atoms with E-state index in [1.54, 1.807) is 26.4 Å². The normalized spacial score (nSPS) is 10.5. The largest absolute Gasteiger partial charge is 0.493 e. The molecule has 3 nitrogen and oxygen atoms in total. The maximum atomic E-state index is 12.7. The van der Waals surface area contributed by atoms with Gasteiger partial charge in [0.2, 0.25) is 5.78 Å². The molecule has 0 aliphatic rings. The Labute approximate surface area is 138 Å². The number of rotatable bonds is 5. The average molecular weight is 324 g/mol. The number of thiophene rings is 1. The van der Waals surface area contributed by atoms with Gasteiger partial charge in [0.1, 0.15) is 0 Å². The summed E-state index contributed by atoms with van der Waals surface area (Å²) < 4.78 is 11.6. The van der Waals surface area contributed by atoms with Gasteiger partial charge in [0.05, 0.1) is 19.1 Å². The lowest BCUT2D eigenvalue weighted by molar-refractivity contribution is 0.106. The molecule has 0 fully saturated rings. The Morgan fingerprint density at radius 2 is 1.74 bits per heavy atom. The van der Waals surface area contributed by atoms with Gasteiger partial charge in [-0.15, -0.1) is 11.3 Å². The average Bonchev–Trinajstić information content (AvgIpc) is 3.03. The van der Waals surface area contributed by atoms with Gasteiger partial charge in [-0.05, 0) is 35.2 Å². The van der Waals surface area contributed by atoms with Crippen LogP contribution in [0.5, 0.6) is 11.5 Å². The fourth-order valence-corrected chi connectivity index (χ4v) is 3.43. The van der Waals surface area contributed by atoms with E-state index in [2.05, 4.69) is 6.58 Å². The van der Waals surface area contributed by atoms with Crippen LogP contribution in [-0.2, 0) is 0 Å². The van der Waals surface area contributed by atoms with Crippen LogP contribution in [0.4, 0.5) is 0 Å². The van der Waals surface area contributed by atoms with Crippen molar-refractivity contribution in [3.8, 4) is 11.5 Å². The minimum Gasteiger partial charge on any atom is -0.493 e. The molecule has 23 heavy (non-hydrogen) atoms. The van der Waals surface area contributed by atoms with Crippen LogP contribution >= 0.6 is 11.3 Å². The lowest BCUT2D eigenvalue weighted by Gasteiger charge is -2.10. The summed E-state index contributed by atoms with van der Waals surface area (Å²) in [5.41, 5.74) is 1.17. The van der Waals surface area contributed by atoms with E-state index in [4.69, 9.17) is 9.47 Å². The molecule has 0 atom stereocenters. The summed E-state index contributed by atoms with van der Waals surface area (Å²) in [6, 6.07) is 15.2. The summed E-state index contributed by atoms with van der Waals surface area (Å²) in [6.07, 6.45) is 0. The monoisotopic (exact) mass is 324 g/mol. The first-order valence-electron chi connectivity index (χ1n) is 7.08. The topological polar surface area (TPSA) is 35.5 Å². The number of carbonyl (C=O) groups is 1. The second-order valence-corrected chi connectivity index (χ2v) is 6.11. The third-order valence-corrected chi connectivity index (χ3v) is 4.77. The lowest BCUT2D eigenvalue weighted by atomic mass is 10.0. The van der Waals surface area contributed by atoms with Gasteiger partial charge in [0.15, 0.2) is 11.5 Å². The molecule has 3 rings (SSSR count). The van der Waals surface area contributed by atoms with E-state index in [1.807, 2.05) is 36.4 Å². The van der Waals surface area contributed by atoms with Gasteiger partial charge >= 0.3 is 0 Å². The number of allylic oxidation sites excluding steroid dienone is 1. The first kappa shape index (κ1) is 15.3. The van der Waals surface area contributed by atoms with E-state index in [9.17, 15) is 4.79 Å². The first-order valence-corrected chi connectivity index (χ1v) is 7.90. The highest BCUT2D eigenvalue weighted by atomic mass is 32.1. The standard InChI is InChI=1S/C19H16O3S/c1-12(13-8-9-15(21-2)16(10-13)22-3)19(20)18-11-14-6-4-5-7-17(14)23-18/h4-11H,1H2,2-3H3. The van der Waals surface area contributed by atoms with Gasteiger partial charge in [-0.3, -0.25) is 4.79 Å². The molecule has 0 saturated heterocycles. The number of fused-ring (bicyclic) bond motifs is 1. The van der Waals surface area contributed by atoms with Crippen LogP contribution in [0.1, 0.15) is 15.2 Å². The molecule has 0 saturated carbocycles. The van der Waals surface area contributed by atoms with Crippen molar-refractivity contribution >= 4 is 32.8 Å². The van der Waals surface area contributed by atoms with Gasteiger partial charge in [-0.2, -0.15) is 0 Å². The van der Waals surface area contributed by atoms with Gasteiger partial charge in [-0.1, -0.05) is 30.8 Å². The maximum Gasteiger partial charge on any atom is 0.202 e. The molecule has 0 aliphatic carbocycles. The van der Waals surface area contributed by atoms with Gasteiger partial charge < -0.3 is 9.47 Å². The Morgan fingerprint density at radius 1 is 1.00 bits per heavy atom. The zero-order valence-corrected chi connectivity index (χ0v) is 13.8. The number of hydrogen-bond acceptors (Lipinski definition) is 4. The highest BCUT2D eigenvalue weighted by molar-refractivity contribution is 7.21. The van der Waals surface area contributed by atoms with Crippen LogP contribution in [-0.4, -0.2) is 20.0 Å². The summed E-state index contributed by atoms with van der Waals surface area (Å²) in [5, 5.41) is 1.07. The van der Waals surface area contributed by atoms with E-state index in [0.717, 1.165) is 15.6 Å². The SMILES string of the molecule is C=C(C(=O)c1cc2ccccc2s1)c1ccc(OC)c(OC)c1. The predicted molar refractivity (Wildman–Crippen MR) is 94.7 cm³/mol. The third-order valence-electron chi connectivity index (χ3n) is 3.66. The number of methoxy groups -OCH3 is 2. The minimum absolute atomic E-state index is 0.0709. The van der Waals surface area contributed by atoms with E-state index in [1.165, 1.54) is 11.3 Å². The number of hydrogen-bond donors (Lipinski definition) is 0. The van der Waals surface area contributed by atoms with Crippen molar-refractivity contribution in [2.24, 2.45) is 0 Å². The third kappa shape index (κ3) is 2.85. The van der Waals surface area contributed by atoms with Crippen LogP contribution in [0.25, 0.3) is 15.7 Å². The van der Waals surface area contributed by atoms with Crippen molar-refractivity contribution in [2.75, 3.05) is 14.2 Å². The minimum atomic E-state index is -0.0709. The van der Waals surface area contributed by atoms with Crippen molar-refractivity contribution in [3.63, 3.8) is 0 Å². The second-order valence-electron chi connectivity index (χ2n) is 5.03. The zero-order chi connectivity index (χ0) is 16.4. The zero-order valence-electron chi connectivity index (χ0n) is 13.0. The second kappa shape index (κ2) is 6.26. The van der Waals surface area contributed by atoms with Crippen molar-refractivity contribution in [1.82, 2.24) is 0 Å². The molecule has 3 aromatic rings. The van der Waals surface area contributed by atoms with Crippen LogP contribution < -0.4 is 9.47 Å². The number of ether oxygens (including phenoxy) is 2. The van der Waals surface area contributed by atoms with E-state index in [0.29, 0.717) is 21.9 Å². The maximum absolute atomic E-state index is 12.7. The molecule has 0 N–H and O–H groups in total. The Balaban J connectivity index is 1.94. The molecule has 2 aromatic carbocycles. The molecular formula is C19H16O3S. The highest BCUT2D eigenvalue weighted by Crippen LogP contribution is 2.33. The van der Waals surface area contributed by atoms with Crippen LogP contribution in [0, 0.1) is 0 Å². The summed E-state index contributed by atoms with van der Waals surface area (Å²) in [6.45, 7) is 3.96.